The maximum Gasteiger partial charge on any atom is 0.252 e. The molecule has 0 bridgehead atoms. The van der Waals surface area contributed by atoms with E-state index in [-0.39, 0.29) is 12.8 Å². The van der Waals surface area contributed by atoms with Gasteiger partial charge in [-0.1, -0.05) is 25.5 Å². The van der Waals surface area contributed by atoms with E-state index >= 15 is 0 Å². The van der Waals surface area contributed by atoms with E-state index in [4.69, 9.17) is 0 Å². The van der Waals surface area contributed by atoms with Crippen LogP contribution in [0.4, 0.5) is 13.2 Å². The molecule has 0 heterocycles. The normalized spacial score (nSPS) is 11.7. The molecular weight excluding hydrogens is 189 g/mol. The Morgan fingerprint density at radius 1 is 1.14 bits per heavy atom. The zero-order chi connectivity index (χ0) is 10.6. The molecule has 0 nitrogen and oxygen atoms in total. The standard InChI is InChI=1S/C11H13F3/c1-2-7-11(13,14)8-9-3-5-10(12)6-4-9/h3-6H,2,7-8H2,1H3. The van der Waals surface area contributed by atoms with E-state index in [9.17, 15) is 13.2 Å². The van der Waals surface area contributed by atoms with Crippen molar-refractivity contribution in [3.63, 3.8) is 0 Å². The van der Waals surface area contributed by atoms with E-state index in [1.54, 1.807) is 6.92 Å². The van der Waals surface area contributed by atoms with Gasteiger partial charge in [0.25, 0.3) is 5.92 Å². The van der Waals surface area contributed by atoms with E-state index in [1.165, 1.54) is 24.3 Å². The fourth-order valence-electron chi connectivity index (χ4n) is 1.36. The Morgan fingerprint density at radius 3 is 2.21 bits per heavy atom. The molecule has 0 aliphatic rings. The topological polar surface area (TPSA) is 0 Å². The summed E-state index contributed by atoms with van der Waals surface area (Å²) in [5.41, 5.74) is 0.477. The minimum absolute atomic E-state index is 0.121. The van der Waals surface area contributed by atoms with Gasteiger partial charge in [-0.25, -0.2) is 13.2 Å². The molecule has 78 valence electrons. The van der Waals surface area contributed by atoms with Gasteiger partial charge in [-0.3, -0.25) is 0 Å². The molecule has 3 heteroatoms. The fraction of sp³-hybridized carbons (Fsp3) is 0.455. The van der Waals surface area contributed by atoms with Crippen molar-refractivity contribution in [2.45, 2.75) is 32.1 Å². The Kier molecular flexibility index (Phi) is 3.55. The van der Waals surface area contributed by atoms with E-state index in [2.05, 4.69) is 0 Å². The molecule has 1 rings (SSSR count). The molecule has 0 spiro atoms. The first-order valence-electron chi connectivity index (χ1n) is 4.66. The van der Waals surface area contributed by atoms with E-state index < -0.39 is 11.7 Å². The van der Waals surface area contributed by atoms with Crippen LogP contribution in [0, 0.1) is 5.82 Å². The van der Waals surface area contributed by atoms with Crippen LogP contribution in [-0.4, -0.2) is 5.92 Å². The number of rotatable bonds is 4. The van der Waals surface area contributed by atoms with Crippen LogP contribution in [0.3, 0.4) is 0 Å². The lowest BCUT2D eigenvalue weighted by Crippen LogP contribution is -2.18. The lowest BCUT2D eigenvalue weighted by atomic mass is 10.0. The van der Waals surface area contributed by atoms with Crippen LogP contribution >= 0.6 is 0 Å². The molecule has 0 aliphatic carbocycles. The summed E-state index contributed by atoms with van der Waals surface area (Å²) in [6.07, 6.45) is 0.0275. The van der Waals surface area contributed by atoms with Crippen molar-refractivity contribution < 1.29 is 13.2 Å². The van der Waals surface area contributed by atoms with Crippen LogP contribution in [0.25, 0.3) is 0 Å². The summed E-state index contributed by atoms with van der Waals surface area (Å²) in [5, 5.41) is 0. The average Bonchev–Trinajstić information content (AvgIpc) is 2.08. The quantitative estimate of drug-likeness (QED) is 0.696. The molecule has 0 radical (unpaired) electrons. The molecule has 0 aliphatic heterocycles. The molecule has 0 saturated heterocycles. The lowest BCUT2D eigenvalue weighted by molar-refractivity contribution is -0.00773. The van der Waals surface area contributed by atoms with Crippen LogP contribution in [0.1, 0.15) is 25.3 Å². The molecule has 1 aromatic carbocycles. The van der Waals surface area contributed by atoms with E-state index in [1.807, 2.05) is 0 Å². The van der Waals surface area contributed by atoms with Gasteiger partial charge in [-0.2, -0.15) is 0 Å². The second kappa shape index (κ2) is 4.49. The Bertz CT molecular complexity index is 277. The molecule has 0 atom stereocenters. The summed E-state index contributed by atoms with van der Waals surface area (Å²) in [7, 11) is 0. The molecule has 0 amide bonds. The van der Waals surface area contributed by atoms with Gasteiger partial charge >= 0.3 is 0 Å². The van der Waals surface area contributed by atoms with Gasteiger partial charge < -0.3 is 0 Å². The van der Waals surface area contributed by atoms with Crippen molar-refractivity contribution in [3.05, 3.63) is 35.6 Å². The number of benzene rings is 1. The summed E-state index contributed by atoms with van der Waals surface area (Å²) in [6, 6.07) is 5.21. The Morgan fingerprint density at radius 2 is 1.71 bits per heavy atom. The highest BCUT2D eigenvalue weighted by Crippen LogP contribution is 2.25. The molecule has 0 unspecified atom stereocenters. The average molecular weight is 202 g/mol. The van der Waals surface area contributed by atoms with Crippen molar-refractivity contribution in [1.82, 2.24) is 0 Å². The van der Waals surface area contributed by atoms with Gasteiger partial charge in [-0.05, 0) is 17.7 Å². The van der Waals surface area contributed by atoms with Gasteiger partial charge in [0.2, 0.25) is 0 Å². The molecule has 0 saturated carbocycles. The highest BCUT2D eigenvalue weighted by atomic mass is 19.3. The molecular formula is C11H13F3. The number of alkyl halides is 2. The highest BCUT2D eigenvalue weighted by Gasteiger charge is 2.27. The first kappa shape index (κ1) is 11.1. The minimum Gasteiger partial charge on any atom is -0.207 e. The van der Waals surface area contributed by atoms with Crippen LogP contribution in [0.2, 0.25) is 0 Å². The smallest absolute Gasteiger partial charge is 0.207 e. The maximum absolute atomic E-state index is 13.1. The Balaban J connectivity index is 2.64. The lowest BCUT2D eigenvalue weighted by Gasteiger charge is -2.14. The van der Waals surface area contributed by atoms with E-state index in [0.29, 0.717) is 12.0 Å². The fourth-order valence-corrected chi connectivity index (χ4v) is 1.36. The first-order valence-corrected chi connectivity index (χ1v) is 4.66. The van der Waals surface area contributed by atoms with Gasteiger partial charge in [-0.15, -0.1) is 0 Å². The molecule has 0 N–H and O–H groups in total. The molecule has 0 fully saturated rings. The number of hydrogen-bond donors (Lipinski definition) is 0. The van der Waals surface area contributed by atoms with Gasteiger partial charge in [0, 0.05) is 12.8 Å². The zero-order valence-electron chi connectivity index (χ0n) is 8.06. The maximum atomic E-state index is 13.1. The second-order valence-electron chi connectivity index (χ2n) is 3.41. The van der Waals surface area contributed by atoms with Crippen LogP contribution in [-0.2, 0) is 6.42 Å². The molecule has 0 aromatic heterocycles. The monoisotopic (exact) mass is 202 g/mol. The van der Waals surface area contributed by atoms with Crippen molar-refractivity contribution in [3.8, 4) is 0 Å². The number of hydrogen-bond acceptors (Lipinski definition) is 0. The van der Waals surface area contributed by atoms with Crippen LogP contribution in [0.15, 0.2) is 24.3 Å². The Labute approximate surface area is 81.8 Å². The third-order valence-electron chi connectivity index (χ3n) is 1.99. The van der Waals surface area contributed by atoms with Gasteiger partial charge in [0.15, 0.2) is 0 Å². The van der Waals surface area contributed by atoms with Crippen molar-refractivity contribution in [2.24, 2.45) is 0 Å². The molecule has 14 heavy (non-hydrogen) atoms. The summed E-state index contributed by atoms with van der Waals surface area (Å²) in [6.45, 7) is 1.72. The third kappa shape index (κ3) is 3.40. The SMILES string of the molecule is CCCC(F)(F)Cc1ccc(F)cc1. The van der Waals surface area contributed by atoms with Gasteiger partial charge in [0.05, 0.1) is 0 Å². The summed E-state index contributed by atoms with van der Waals surface area (Å²) in [4.78, 5) is 0. The van der Waals surface area contributed by atoms with Gasteiger partial charge in [0.1, 0.15) is 5.82 Å². The van der Waals surface area contributed by atoms with Crippen molar-refractivity contribution in [2.75, 3.05) is 0 Å². The summed E-state index contributed by atoms with van der Waals surface area (Å²) in [5.74, 6) is -3.07. The predicted octanol–water partition coefficient (Wildman–Crippen LogP) is 3.80. The second-order valence-corrected chi connectivity index (χ2v) is 3.41. The highest BCUT2D eigenvalue weighted by molar-refractivity contribution is 5.17. The first-order chi connectivity index (χ1) is 6.53. The number of halogens is 3. The minimum atomic E-state index is -2.67. The molecule has 1 aromatic rings. The van der Waals surface area contributed by atoms with Crippen molar-refractivity contribution >= 4 is 0 Å². The Hall–Kier alpha value is -0.990. The van der Waals surface area contributed by atoms with Crippen molar-refractivity contribution in [1.29, 1.82) is 0 Å². The third-order valence-corrected chi connectivity index (χ3v) is 1.99. The van der Waals surface area contributed by atoms with E-state index in [0.717, 1.165) is 0 Å². The summed E-state index contributed by atoms with van der Waals surface area (Å²) >= 11 is 0. The largest absolute Gasteiger partial charge is 0.252 e. The predicted molar refractivity (Wildman–Crippen MR) is 50.0 cm³/mol. The van der Waals surface area contributed by atoms with Crippen LogP contribution in [0.5, 0.6) is 0 Å². The summed E-state index contributed by atoms with van der Waals surface area (Å²) < 4.78 is 38.7. The zero-order valence-corrected chi connectivity index (χ0v) is 8.06. The van der Waals surface area contributed by atoms with Crippen LogP contribution < -0.4 is 0 Å².